The Bertz CT molecular complexity index is 1020. The smallest absolute Gasteiger partial charge is 0.312 e. The summed E-state index contributed by atoms with van der Waals surface area (Å²) in [6.07, 6.45) is 3.23. The second-order valence-electron chi connectivity index (χ2n) is 9.87. The maximum Gasteiger partial charge on any atom is 0.312 e. The van der Waals surface area contributed by atoms with Gasteiger partial charge in [0.05, 0.1) is 6.21 Å². The van der Waals surface area contributed by atoms with E-state index in [9.17, 15) is 14.7 Å². The van der Waals surface area contributed by atoms with E-state index in [1.54, 1.807) is 6.07 Å². The van der Waals surface area contributed by atoms with E-state index < -0.39 is 11.7 Å². The van der Waals surface area contributed by atoms with Crippen LogP contribution in [0.3, 0.4) is 0 Å². The summed E-state index contributed by atoms with van der Waals surface area (Å²) in [7, 11) is 0. The van der Waals surface area contributed by atoms with E-state index >= 15 is 0 Å². The summed E-state index contributed by atoms with van der Waals surface area (Å²) in [5.74, 6) is -0.451. The number of para-hydroxylation sites is 1. The lowest BCUT2D eigenvalue weighted by Crippen LogP contribution is -2.29. The molecule has 0 bridgehead atoms. The average molecular weight is 465 g/mol. The van der Waals surface area contributed by atoms with Crippen LogP contribution in [0, 0.1) is 0 Å². The molecule has 1 amide bonds. The van der Waals surface area contributed by atoms with Gasteiger partial charge in [0.25, 0.3) is 5.78 Å². The van der Waals surface area contributed by atoms with E-state index in [4.69, 9.17) is 0 Å². The molecular weight excluding hydrogens is 424 g/mol. The van der Waals surface area contributed by atoms with Gasteiger partial charge < -0.3 is 5.11 Å². The van der Waals surface area contributed by atoms with E-state index in [2.05, 4.69) is 38.2 Å². The molecular formula is C29H40N2O3. The number of hydrogen-bond acceptors (Lipinski definition) is 4. The molecule has 0 saturated carbocycles. The summed E-state index contributed by atoms with van der Waals surface area (Å²) in [6.45, 7) is 16.6. The topological polar surface area (TPSA) is 78.8 Å². The second-order valence-corrected chi connectivity index (χ2v) is 9.87. The fourth-order valence-electron chi connectivity index (χ4n) is 4.28. The van der Waals surface area contributed by atoms with Gasteiger partial charge in [-0.25, -0.2) is 5.43 Å². The Kier molecular flexibility index (Phi) is 9.60. The van der Waals surface area contributed by atoms with Gasteiger partial charge in [0.2, 0.25) is 0 Å². The summed E-state index contributed by atoms with van der Waals surface area (Å²) in [5, 5.41) is 14.7. The highest BCUT2D eigenvalue weighted by atomic mass is 16.3. The number of phenolic OH excluding ortho intramolecular Hbond substituents is 1. The summed E-state index contributed by atoms with van der Waals surface area (Å²) < 4.78 is 0. The number of phenols is 1. The van der Waals surface area contributed by atoms with Crippen molar-refractivity contribution < 1.29 is 14.7 Å². The third kappa shape index (κ3) is 6.13. The van der Waals surface area contributed by atoms with Crippen molar-refractivity contribution in [3.05, 3.63) is 63.7 Å². The molecule has 0 atom stereocenters. The predicted molar refractivity (Wildman–Crippen MR) is 140 cm³/mol. The molecule has 184 valence electrons. The van der Waals surface area contributed by atoms with Crippen LogP contribution < -0.4 is 5.43 Å². The number of hydrazone groups is 1. The first-order chi connectivity index (χ1) is 16.0. The Balaban J connectivity index is 2.35. The molecule has 0 aromatic heterocycles. The number of carbonyl (C=O) groups is 2. The molecule has 0 aliphatic carbocycles. The van der Waals surface area contributed by atoms with Gasteiger partial charge >= 0.3 is 5.91 Å². The average Bonchev–Trinajstić information content (AvgIpc) is 2.80. The van der Waals surface area contributed by atoms with E-state index in [0.29, 0.717) is 17.0 Å². The van der Waals surface area contributed by atoms with Crippen LogP contribution in [0.15, 0.2) is 35.4 Å². The minimum atomic E-state index is -0.784. The van der Waals surface area contributed by atoms with Crippen LogP contribution in [0.1, 0.15) is 130 Å². The molecule has 0 unspecified atom stereocenters. The van der Waals surface area contributed by atoms with Gasteiger partial charge in [0.1, 0.15) is 5.75 Å². The number of aromatic hydroxyl groups is 1. The van der Waals surface area contributed by atoms with Crippen molar-refractivity contribution in [3.8, 4) is 5.75 Å². The van der Waals surface area contributed by atoms with Crippen molar-refractivity contribution in [2.45, 2.75) is 91.9 Å². The Morgan fingerprint density at radius 1 is 0.912 bits per heavy atom. The Hall–Kier alpha value is -2.95. The zero-order valence-corrected chi connectivity index (χ0v) is 21.9. The Morgan fingerprint density at radius 3 is 1.94 bits per heavy atom. The van der Waals surface area contributed by atoms with Gasteiger partial charge in [-0.15, -0.1) is 0 Å². The summed E-state index contributed by atoms with van der Waals surface area (Å²) in [5.41, 5.74) is 7.14. The fraction of sp³-hybridized carbons (Fsp3) is 0.483. The lowest BCUT2D eigenvalue weighted by atomic mass is 9.83. The second kappa shape index (κ2) is 12.0. The van der Waals surface area contributed by atoms with Gasteiger partial charge in [-0.2, -0.15) is 5.10 Å². The molecule has 2 N–H and O–H groups in total. The van der Waals surface area contributed by atoms with Crippen LogP contribution >= 0.6 is 0 Å². The monoisotopic (exact) mass is 464 g/mol. The summed E-state index contributed by atoms with van der Waals surface area (Å²) in [4.78, 5) is 26.1. The quantitative estimate of drug-likeness (QED) is 0.172. The fourth-order valence-corrected chi connectivity index (χ4v) is 4.28. The van der Waals surface area contributed by atoms with Gasteiger partial charge in [-0.1, -0.05) is 79.7 Å². The third-order valence-corrected chi connectivity index (χ3v) is 6.46. The van der Waals surface area contributed by atoms with Crippen LogP contribution in [0.5, 0.6) is 5.75 Å². The lowest BCUT2D eigenvalue weighted by molar-refractivity contribution is -0.117. The normalized spacial score (nSPS) is 11.9. The molecule has 2 aromatic carbocycles. The highest BCUT2D eigenvalue weighted by Crippen LogP contribution is 2.33. The molecule has 0 radical (unpaired) electrons. The molecule has 0 spiro atoms. The molecule has 34 heavy (non-hydrogen) atoms. The minimum absolute atomic E-state index is 0.0937. The molecule has 5 nitrogen and oxygen atoms in total. The molecule has 0 fully saturated rings. The first-order valence-electron chi connectivity index (χ1n) is 12.4. The standard InChI is InChI=1S/C29H40N2O3/c1-9-20(10-2)23-13-11-12-21(27(23)32)16-30-31-29(34)28(33)26-24(18(5)6)14-22(17(3)4)15-25(26)19(7)8/h11-20,32H,9-10H2,1-8H3,(H,31,34)/b30-16+. The van der Waals surface area contributed by atoms with Crippen molar-refractivity contribution in [1.29, 1.82) is 0 Å². The molecule has 5 heteroatoms. The number of nitrogens with one attached hydrogen (secondary N) is 1. The zero-order chi connectivity index (χ0) is 25.6. The number of hydrogen-bond donors (Lipinski definition) is 2. The molecule has 0 saturated heterocycles. The van der Waals surface area contributed by atoms with Crippen LogP contribution in [0.2, 0.25) is 0 Å². The number of ketones is 1. The van der Waals surface area contributed by atoms with Gasteiger partial charge in [0.15, 0.2) is 0 Å². The molecule has 0 aliphatic heterocycles. The van der Waals surface area contributed by atoms with E-state index in [1.165, 1.54) is 6.21 Å². The van der Waals surface area contributed by atoms with Crippen molar-refractivity contribution in [3.63, 3.8) is 0 Å². The maximum absolute atomic E-state index is 13.3. The number of amides is 1. The number of rotatable bonds is 10. The largest absolute Gasteiger partial charge is 0.507 e. The van der Waals surface area contributed by atoms with Crippen molar-refractivity contribution in [2.24, 2.45) is 5.10 Å². The van der Waals surface area contributed by atoms with Gasteiger partial charge in [-0.3, -0.25) is 9.59 Å². The van der Waals surface area contributed by atoms with Gasteiger partial charge in [0, 0.05) is 11.1 Å². The number of nitrogens with zero attached hydrogens (tertiary/aromatic N) is 1. The molecule has 0 aliphatic rings. The summed E-state index contributed by atoms with van der Waals surface area (Å²) >= 11 is 0. The number of benzene rings is 2. The zero-order valence-electron chi connectivity index (χ0n) is 21.9. The minimum Gasteiger partial charge on any atom is -0.507 e. The van der Waals surface area contributed by atoms with Crippen molar-refractivity contribution in [1.82, 2.24) is 5.43 Å². The lowest BCUT2D eigenvalue weighted by Gasteiger charge is -2.21. The molecule has 0 heterocycles. The summed E-state index contributed by atoms with van der Waals surface area (Å²) in [6, 6.07) is 9.60. The van der Waals surface area contributed by atoms with Crippen molar-refractivity contribution >= 4 is 17.9 Å². The highest BCUT2D eigenvalue weighted by Gasteiger charge is 2.26. The predicted octanol–water partition coefficient (Wildman–Crippen LogP) is 7.00. The van der Waals surface area contributed by atoms with Crippen molar-refractivity contribution in [2.75, 3.05) is 0 Å². The van der Waals surface area contributed by atoms with Gasteiger partial charge in [-0.05, 0) is 64.8 Å². The maximum atomic E-state index is 13.3. The number of carbonyl (C=O) groups excluding carboxylic acids is 2. The highest BCUT2D eigenvalue weighted by molar-refractivity contribution is 6.43. The first kappa shape index (κ1) is 27.3. The molecule has 2 aromatic rings. The SMILES string of the molecule is CCC(CC)c1cccc(/C=N/NC(=O)C(=O)c2c(C(C)C)cc(C(C)C)cc2C(C)C)c1O. The van der Waals surface area contributed by atoms with Crippen LogP contribution in [-0.4, -0.2) is 23.0 Å². The first-order valence-corrected chi connectivity index (χ1v) is 12.4. The van der Waals surface area contributed by atoms with E-state index in [1.807, 2.05) is 52.0 Å². The van der Waals surface area contributed by atoms with Crippen LogP contribution in [0.25, 0.3) is 0 Å². The Labute approximate surface area is 204 Å². The number of Topliss-reactive ketones (excluding diaryl/α,β-unsaturated/α-hetero) is 1. The van der Waals surface area contributed by atoms with Crippen LogP contribution in [-0.2, 0) is 4.79 Å². The van der Waals surface area contributed by atoms with E-state index in [-0.39, 0.29) is 23.5 Å². The third-order valence-electron chi connectivity index (χ3n) is 6.46. The molecule has 2 rings (SSSR count). The Morgan fingerprint density at radius 2 is 1.47 bits per heavy atom. The van der Waals surface area contributed by atoms with E-state index in [0.717, 1.165) is 35.1 Å². The van der Waals surface area contributed by atoms with Crippen LogP contribution in [0.4, 0.5) is 0 Å².